The standard InChI is InChI=1S/C16H17FN2O2/c1-10-11(2)18-19(12(10)3)9-14-6-4-13(8-15(14)17)5-7-16(20)21/h4-8H,9H2,1-3H3,(H,20,21). The fourth-order valence-corrected chi connectivity index (χ4v) is 2.06. The number of rotatable bonds is 4. The zero-order chi connectivity index (χ0) is 15.6. The summed E-state index contributed by atoms with van der Waals surface area (Å²) in [4.78, 5) is 10.4. The third-order valence-electron chi connectivity index (χ3n) is 3.56. The highest BCUT2D eigenvalue weighted by Gasteiger charge is 2.10. The van der Waals surface area contributed by atoms with Gasteiger partial charge in [-0.15, -0.1) is 0 Å². The normalized spacial score (nSPS) is 11.2. The summed E-state index contributed by atoms with van der Waals surface area (Å²) >= 11 is 0. The molecule has 0 radical (unpaired) electrons. The van der Waals surface area contributed by atoms with E-state index in [-0.39, 0.29) is 5.82 Å². The molecular formula is C16H17FN2O2. The number of aryl methyl sites for hydroxylation is 1. The molecule has 0 saturated heterocycles. The monoisotopic (exact) mass is 288 g/mol. The Kier molecular flexibility index (Phi) is 4.21. The molecule has 0 fully saturated rings. The maximum absolute atomic E-state index is 14.1. The van der Waals surface area contributed by atoms with Crippen LogP contribution in [0, 0.1) is 26.6 Å². The molecule has 0 unspecified atom stereocenters. The van der Waals surface area contributed by atoms with Crippen LogP contribution in [0.25, 0.3) is 6.08 Å². The van der Waals surface area contributed by atoms with E-state index in [9.17, 15) is 9.18 Å². The van der Waals surface area contributed by atoms with E-state index in [1.165, 1.54) is 12.1 Å². The molecule has 1 aromatic heterocycles. The molecule has 21 heavy (non-hydrogen) atoms. The highest BCUT2D eigenvalue weighted by atomic mass is 19.1. The van der Waals surface area contributed by atoms with E-state index in [0.717, 1.165) is 23.0 Å². The van der Waals surface area contributed by atoms with Crippen LogP contribution >= 0.6 is 0 Å². The highest BCUT2D eigenvalue weighted by Crippen LogP contribution is 2.16. The maximum atomic E-state index is 14.1. The molecule has 110 valence electrons. The van der Waals surface area contributed by atoms with E-state index in [1.54, 1.807) is 16.8 Å². The van der Waals surface area contributed by atoms with Gasteiger partial charge in [-0.2, -0.15) is 5.10 Å². The number of hydrogen-bond acceptors (Lipinski definition) is 2. The van der Waals surface area contributed by atoms with Crippen LogP contribution in [-0.2, 0) is 11.3 Å². The number of benzene rings is 1. The summed E-state index contributed by atoms with van der Waals surface area (Å²) < 4.78 is 15.9. The number of carboxylic acids is 1. The predicted octanol–water partition coefficient (Wildman–Crippen LogP) is 3.09. The summed E-state index contributed by atoms with van der Waals surface area (Å²) in [6, 6.07) is 4.67. The Labute approximate surface area is 122 Å². The lowest BCUT2D eigenvalue weighted by Crippen LogP contribution is -2.06. The van der Waals surface area contributed by atoms with Crippen LogP contribution in [0.1, 0.15) is 28.1 Å². The van der Waals surface area contributed by atoms with E-state index < -0.39 is 5.97 Å². The Hall–Kier alpha value is -2.43. The van der Waals surface area contributed by atoms with Gasteiger partial charge in [-0.3, -0.25) is 4.68 Å². The molecule has 1 aromatic carbocycles. The quantitative estimate of drug-likeness (QED) is 0.880. The van der Waals surface area contributed by atoms with Gasteiger partial charge in [-0.1, -0.05) is 12.1 Å². The first-order valence-corrected chi connectivity index (χ1v) is 6.58. The second kappa shape index (κ2) is 5.91. The van der Waals surface area contributed by atoms with E-state index >= 15 is 0 Å². The SMILES string of the molecule is Cc1nn(Cc2ccc(C=CC(=O)O)cc2F)c(C)c1C. The van der Waals surface area contributed by atoms with Crippen LogP contribution in [0.5, 0.6) is 0 Å². The first-order chi connectivity index (χ1) is 9.88. The maximum Gasteiger partial charge on any atom is 0.328 e. The van der Waals surface area contributed by atoms with Crippen molar-refractivity contribution in [3.63, 3.8) is 0 Å². The van der Waals surface area contributed by atoms with Crippen LogP contribution in [0.4, 0.5) is 4.39 Å². The van der Waals surface area contributed by atoms with E-state index in [1.807, 2.05) is 20.8 Å². The summed E-state index contributed by atoms with van der Waals surface area (Å²) in [5.74, 6) is -1.43. The molecule has 0 saturated carbocycles. The molecule has 0 amide bonds. The van der Waals surface area contributed by atoms with Crippen molar-refractivity contribution in [2.24, 2.45) is 0 Å². The zero-order valence-corrected chi connectivity index (χ0v) is 12.2. The molecule has 0 spiro atoms. The Morgan fingerprint density at radius 3 is 2.62 bits per heavy atom. The van der Waals surface area contributed by atoms with Gasteiger partial charge in [0.1, 0.15) is 5.82 Å². The number of aliphatic carboxylic acids is 1. The largest absolute Gasteiger partial charge is 0.478 e. The zero-order valence-electron chi connectivity index (χ0n) is 12.2. The van der Waals surface area contributed by atoms with Crippen molar-refractivity contribution < 1.29 is 14.3 Å². The van der Waals surface area contributed by atoms with Crippen LogP contribution in [-0.4, -0.2) is 20.9 Å². The van der Waals surface area contributed by atoms with Crippen LogP contribution in [0.15, 0.2) is 24.3 Å². The first-order valence-electron chi connectivity index (χ1n) is 6.58. The van der Waals surface area contributed by atoms with Gasteiger partial charge >= 0.3 is 5.97 Å². The Bertz CT molecular complexity index is 717. The third kappa shape index (κ3) is 3.37. The molecule has 0 atom stereocenters. The van der Waals surface area contributed by atoms with Crippen molar-refractivity contribution in [2.75, 3.05) is 0 Å². The average molecular weight is 288 g/mol. The lowest BCUT2D eigenvalue weighted by atomic mass is 10.1. The Balaban J connectivity index is 2.25. The van der Waals surface area contributed by atoms with E-state index in [0.29, 0.717) is 17.7 Å². The fraction of sp³-hybridized carbons (Fsp3) is 0.250. The van der Waals surface area contributed by atoms with Gasteiger partial charge in [-0.25, -0.2) is 9.18 Å². The molecule has 0 aliphatic heterocycles. The first kappa shape index (κ1) is 15.0. The van der Waals surface area contributed by atoms with Gasteiger partial charge in [0.25, 0.3) is 0 Å². The fourth-order valence-electron chi connectivity index (χ4n) is 2.06. The van der Waals surface area contributed by atoms with Crippen molar-refractivity contribution in [1.82, 2.24) is 9.78 Å². The lowest BCUT2D eigenvalue weighted by molar-refractivity contribution is -0.131. The summed E-state index contributed by atoms with van der Waals surface area (Å²) in [5, 5.41) is 12.9. The second-order valence-corrected chi connectivity index (χ2v) is 4.98. The van der Waals surface area contributed by atoms with Crippen LogP contribution in [0.3, 0.4) is 0 Å². The Morgan fingerprint density at radius 2 is 2.10 bits per heavy atom. The van der Waals surface area contributed by atoms with Crippen molar-refractivity contribution in [3.05, 3.63) is 58.2 Å². The minimum Gasteiger partial charge on any atom is -0.478 e. The van der Waals surface area contributed by atoms with Crippen molar-refractivity contribution in [1.29, 1.82) is 0 Å². The number of nitrogens with zero attached hydrogens (tertiary/aromatic N) is 2. The third-order valence-corrected chi connectivity index (χ3v) is 3.56. The van der Waals surface area contributed by atoms with Crippen LogP contribution < -0.4 is 0 Å². The number of hydrogen-bond donors (Lipinski definition) is 1. The number of aromatic nitrogens is 2. The van der Waals surface area contributed by atoms with E-state index in [2.05, 4.69) is 5.10 Å². The van der Waals surface area contributed by atoms with E-state index in [4.69, 9.17) is 5.11 Å². The minimum absolute atomic E-state index is 0.356. The van der Waals surface area contributed by atoms with Crippen molar-refractivity contribution in [3.8, 4) is 0 Å². The summed E-state index contributed by atoms with van der Waals surface area (Å²) in [5.41, 5.74) is 4.10. The van der Waals surface area contributed by atoms with Gasteiger partial charge in [0.05, 0.1) is 12.2 Å². The summed E-state index contributed by atoms with van der Waals surface area (Å²) in [6.45, 7) is 6.23. The highest BCUT2D eigenvalue weighted by molar-refractivity contribution is 5.85. The molecule has 4 nitrogen and oxygen atoms in total. The molecule has 1 N–H and O–H groups in total. The molecule has 1 heterocycles. The second-order valence-electron chi connectivity index (χ2n) is 4.98. The van der Waals surface area contributed by atoms with Gasteiger partial charge in [-0.05, 0) is 44.0 Å². The van der Waals surface area contributed by atoms with Gasteiger partial charge in [0, 0.05) is 17.3 Å². The molecule has 0 aliphatic rings. The number of carbonyl (C=O) groups is 1. The number of carboxylic acid groups (broad SMARTS) is 1. The average Bonchev–Trinajstić information content (AvgIpc) is 2.66. The summed E-state index contributed by atoms with van der Waals surface area (Å²) in [6.07, 6.45) is 2.35. The van der Waals surface area contributed by atoms with Gasteiger partial charge < -0.3 is 5.11 Å². The smallest absolute Gasteiger partial charge is 0.328 e. The van der Waals surface area contributed by atoms with Crippen molar-refractivity contribution >= 4 is 12.0 Å². The van der Waals surface area contributed by atoms with Crippen LogP contribution in [0.2, 0.25) is 0 Å². The molecule has 0 aliphatic carbocycles. The minimum atomic E-state index is -1.06. The molecule has 2 aromatic rings. The molecule has 0 bridgehead atoms. The van der Waals surface area contributed by atoms with Gasteiger partial charge in [0.15, 0.2) is 0 Å². The topological polar surface area (TPSA) is 55.1 Å². The molecule has 5 heteroatoms. The molecular weight excluding hydrogens is 271 g/mol. The number of halogens is 1. The molecule has 2 rings (SSSR count). The van der Waals surface area contributed by atoms with Gasteiger partial charge in [0.2, 0.25) is 0 Å². The Morgan fingerprint density at radius 1 is 1.38 bits per heavy atom. The predicted molar refractivity (Wildman–Crippen MR) is 78.6 cm³/mol. The lowest BCUT2D eigenvalue weighted by Gasteiger charge is -2.07. The summed E-state index contributed by atoms with van der Waals surface area (Å²) in [7, 11) is 0. The van der Waals surface area contributed by atoms with Crippen molar-refractivity contribution in [2.45, 2.75) is 27.3 Å².